The van der Waals surface area contributed by atoms with Crippen molar-refractivity contribution in [2.45, 2.75) is 6.04 Å². The van der Waals surface area contributed by atoms with E-state index in [1.807, 2.05) is 48.7 Å². The van der Waals surface area contributed by atoms with Crippen LogP contribution in [0.4, 0.5) is 0 Å². The van der Waals surface area contributed by atoms with E-state index in [4.69, 9.17) is 0 Å². The molecule has 0 spiro atoms. The molecule has 3 heterocycles. The molecule has 1 aromatic carbocycles. The molecule has 0 unspecified atom stereocenters. The van der Waals surface area contributed by atoms with Gasteiger partial charge in [0.05, 0.1) is 12.2 Å². The van der Waals surface area contributed by atoms with Crippen LogP contribution >= 0.6 is 0 Å². The van der Waals surface area contributed by atoms with Gasteiger partial charge in [0.15, 0.2) is 11.8 Å². The Kier molecular flexibility index (Phi) is 5.29. The van der Waals surface area contributed by atoms with Gasteiger partial charge < -0.3 is 20.0 Å². The zero-order valence-electron chi connectivity index (χ0n) is 15.3. The van der Waals surface area contributed by atoms with Crippen LogP contribution < -0.4 is 9.80 Å². The number of aliphatic hydroxyl groups is 1. The molecule has 1 aliphatic rings. The summed E-state index contributed by atoms with van der Waals surface area (Å²) in [5, 5.41) is 21.2. The topological polar surface area (TPSA) is 75.1 Å². The largest absolute Gasteiger partial charge is 0.505 e. The molecule has 1 aliphatic heterocycles. The summed E-state index contributed by atoms with van der Waals surface area (Å²) in [6.45, 7) is 4.97. The van der Waals surface area contributed by atoms with Gasteiger partial charge in [-0.15, -0.1) is 0 Å². The number of nitrogens with zero attached hydrogens (tertiary/aromatic N) is 2. The molecular formula is C21H26N4O2+2. The number of phenols is 1. The first kappa shape index (κ1) is 17.9. The number of nitrogens with one attached hydrogen (secondary N) is 2. The molecule has 0 radical (unpaired) electrons. The average molecular weight is 366 g/mol. The maximum atomic E-state index is 11.0. The Morgan fingerprint density at radius 3 is 2.48 bits per heavy atom. The van der Waals surface area contributed by atoms with Crippen molar-refractivity contribution < 1.29 is 20.0 Å². The predicted molar refractivity (Wildman–Crippen MR) is 103 cm³/mol. The molecule has 0 amide bonds. The summed E-state index contributed by atoms with van der Waals surface area (Å²) in [5.74, 6) is 0.251. The lowest BCUT2D eigenvalue weighted by atomic mass is 9.97. The molecule has 1 fully saturated rings. The fraction of sp³-hybridized carbons (Fsp3) is 0.333. The normalized spacial score (nSPS) is 21.2. The molecule has 1 saturated heterocycles. The van der Waals surface area contributed by atoms with Crippen molar-refractivity contribution in [1.82, 2.24) is 9.97 Å². The Labute approximate surface area is 158 Å². The van der Waals surface area contributed by atoms with Crippen molar-refractivity contribution in [1.29, 1.82) is 0 Å². The Morgan fingerprint density at radius 1 is 0.926 bits per heavy atom. The molecule has 0 aliphatic carbocycles. The van der Waals surface area contributed by atoms with Crippen LogP contribution in [0.5, 0.6) is 5.75 Å². The highest BCUT2D eigenvalue weighted by atomic mass is 16.3. The average Bonchev–Trinajstić information content (AvgIpc) is 2.72. The molecule has 140 valence electrons. The molecular weight excluding hydrogens is 340 g/mol. The van der Waals surface area contributed by atoms with Gasteiger partial charge in [-0.3, -0.25) is 9.97 Å². The molecule has 6 nitrogen and oxygen atoms in total. The Balaban J connectivity index is 1.73. The smallest absolute Gasteiger partial charge is 0.160 e. The highest BCUT2D eigenvalue weighted by molar-refractivity contribution is 5.85. The van der Waals surface area contributed by atoms with Gasteiger partial charge in [0.1, 0.15) is 43.9 Å². The van der Waals surface area contributed by atoms with Crippen molar-refractivity contribution in [2.75, 3.05) is 39.3 Å². The van der Waals surface area contributed by atoms with Gasteiger partial charge >= 0.3 is 0 Å². The number of benzene rings is 1. The second kappa shape index (κ2) is 8.00. The second-order valence-electron chi connectivity index (χ2n) is 7.15. The number of fused-ring (bicyclic) bond motifs is 1. The fourth-order valence-corrected chi connectivity index (χ4v) is 4.13. The molecule has 4 rings (SSSR count). The quantitative estimate of drug-likeness (QED) is 0.477. The summed E-state index contributed by atoms with van der Waals surface area (Å²) in [7, 11) is 0. The lowest BCUT2D eigenvalue weighted by Crippen LogP contribution is -3.28. The number of aromatic hydroxyl groups is 1. The minimum atomic E-state index is -0.0340. The van der Waals surface area contributed by atoms with Gasteiger partial charge in [-0.2, -0.15) is 0 Å². The first-order valence-corrected chi connectivity index (χ1v) is 9.54. The number of hydrogen-bond acceptors (Lipinski definition) is 4. The van der Waals surface area contributed by atoms with E-state index in [1.165, 1.54) is 9.80 Å². The minimum Gasteiger partial charge on any atom is -0.505 e. The van der Waals surface area contributed by atoms with Crippen molar-refractivity contribution in [3.05, 3.63) is 66.1 Å². The summed E-state index contributed by atoms with van der Waals surface area (Å²) in [4.78, 5) is 11.8. The summed E-state index contributed by atoms with van der Waals surface area (Å²) in [6.07, 6.45) is 3.52. The van der Waals surface area contributed by atoms with Gasteiger partial charge in [-0.05, 0) is 24.3 Å². The maximum absolute atomic E-state index is 11.0. The first-order chi connectivity index (χ1) is 13.3. The van der Waals surface area contributed by atoms with Gasteiger partial charge in [-0.1, -0.05) is 18.2 Å². The number of pyridine rings is 2. The van der Waals surface area contributed by atoms with Crippen LogP contribution in [-0.2, 0) is 0 Å². The van der Waals surface area contributed by atoms with Crippen LogP contribution in [0.2, 0.25) is 0 Å². The van der Waals surface area contributed by atoms with Gasteiger partial charge in [0.2, 0.25) is 0 Å². The number of aliphatic hydroxyl groups excluding tert-OH is 1. The molecule has 2 aromatic heterocycles. The summed E-state index contributed by atoms with van der Waals surface area (Å²) in [5.41, 5.74) is 2.48. The van der Waals surface area contributed by atoms with E-state index in [2.05, 4.69) is 9.97 Å². The van der Waals surface area contributed by atoms with E-state index in [0.717, 1.165) is 49.4 Å². The number of aromatic nitrogens is 2. The highest BCUT2D eigenvalue weighted by Gasteiger charge is 2.34. The van der Waals surface area contributed by atoms with E-state index >= 15 is 0 Å². The number of phenolic OH excluding ortho intramolecular Hbond substituents is 1. The molecule has 0 bridgehead atoms. The standard InChI is InChI=1S/C21H24N4O2/c26-15-14-24-10-12-25(13-11-24)20(18-5-1-2-8-22-18)17-7-6-16-4-3-9-23-19(16)21(17)27/h1-9,20,26-27H,10-15H2/p+2/t20-/m1/s1. The Bertz CT molecular complexity index is 895. The molecule has 27 heavy (non-hydrogen) atoms. The molecule has 0 saturated carbocycles. The summed E-state index contributed by atoms with van der Waals surface area (Å²) < 4.78 is 0. The zero-order valence-corrected chi connectivity index (χ0v) is 15.3. The molecule has 6 heteroatoms. The van der Waals surface area contributed by atoms with Crippen molar-refractivity contribution in [3.8, 4) is 5.75 Å². The number of quaternary nitrogens is 2. The van der Waals surface area contributed by atoms with Crippen molar-refractivity contribution in [3.63, 3.8) is 0 Å². The van der Waals surface area contributed by atoms with Gasteiger partial charge in [0, 0.05) is 17.8 Å². The van der Waals surface area contributed by atoms with E-state index in [-0.39, 0.29) is 18.4 Å². The third kappa shape index (κ3) is 3.64. The van der Waals surface area contributed by atoms with Crippen molar-refractivity contribution >= 4 is 10.9 Å². The Morgan fingerprint density at radius 2 is 1.74 bits per heavy atom. The third-order valence-corrected chi connectivity index (χ3v) is 5.55. The van der Waals surface area contributed by atoms with Gasteiger partial charge in [0.25, 0.3) is 0 Å². The van der Waals surface area contributed by atoms with E-state index in [0.29, 0.717) is 5.52 Å². The SMILES string of the molecule is OCC[NH+]1CC[NH+]([C@@H](c2ccccn2)c2ccc3cccnc3c2O)CC1. The predicted octanol–water partition coefficient (Wildman–Crippen LogP) is -0.799. The van der Waals surface area contributed by atoms with Crippen LogP contribution in [0.1, 0.15) is 17.3 Å². The molecule has 3 aromatic rings. The van der Waals surface area contributed by atoms with Crippen molar-refractivity contribution in [2.24, 2.45) is 0 Å². The van der Waals surface area contributed by atoms with E-state index in [1.54, 1.807) is 6.20 Å². The van der Waals surface area contributed by atoms with Gasteiger partial charge in [-0.25, -0.2) is 0 Å². The number of hydrogen-bond donors (Lipinski definition) is 4. The maximum Gasteiger partial charge on any atom is 0.160 e. The number of piperazine rings is 1. The lowest BCUT2D eigenvalue weighted by Gasteiger charge is -2.34. The Hall–Kier alpha value is -2.54. The van der Waals surface area contributed by atoms with Crippen LogP contribution in [0.15, 0.2) is 54.9 Å². The summed E-state index contributed by atoms with van der Waals surface area (Å²) in [6, 6.07) is 13.8. The zero-order chi connectivity index (χ0) is 18.6. The van der Waals surface area contributed by atoms with Crippen LogP contribution in [-0.4, -0.2) is 59.5 Å². The fourth-order valence-electron chi connectivity index (χ4n) is 4.13. The number of rotatable bonds is 5. The molecule has 4 N–H and O–H groups in total. The molecule has 1 atom stereocenters. The van der Waals surface area contributed by atoms with E-state index in [9.17, 15) is 10.2 Å². The van der Waals surface area contributed by atoms with Crippen LogP contribution in [0, 0.1) is 0 Å². The summed E-state index contributed by atoms with van der Waals surface area (Å²) >= 11 is 0. The monoisotopic (exact) mass is 366 g/mol. The minimum absolute atomic E-state index is 0.0340. The highest BCUT2D eigenvalue weighted by Crippen LogP contribution is 2.32. The lowest BCUT2D eigenvalue weighted by molar-refractivity contribution is -1.02. The van der Waals surface area contributed by atoms with Crippen LogP contribution in [0.3, 0.4) is 0 Å². The van der Waals surface area contributed by atoms with Crippen LogP contribution in [0.25, 0.3) is 10.9 Å². The van der Waals surface area contributed by atoms with E-state index < -0.39 is 0 Å². The first-order valence-electron chi connectivity index (χ1n) is 9.54. The third-order valence-electron chi connectivity index (χ3n) is 5.55. The second-order valence-corrected chi connectivity index (χ2v) is 7.15.